The van der Waals surface area contributed by atoms with Crippen molar-refractivity contribution in [1.82, 2.24) is 15.5 Å². The second kappa shape index (κ2) is 11.4. The number of hydrogen-bond acceptors (Lipinski definition) is 3. The maximum absolute atomic E-state index is 13.1. The molecule has 0 amide bonds. The number of likely N-dealkylation sites (tertiary alicyclic amines) is 1. The van der Waals surface area contributed by atoms with Crippen LogP contribution in [-0.4, -0.2) is 49.7 Å². The van der Waals surface area contributed by atoms with Gasteiger partial charge < -0.3 is 15.4 Å². The predicted molar refractivity (Wildman–Crippen MR) is 127 cm³/mol. The number of rotatable bonds is 7. The minimum atomic E-state index is -0.175. The van der Waals surface area contributed by atoms with E-state index in [0.717, 1.165) is 64.6 Å². The van der Waals surface area contributed by atoms with Gasteiger partial charge in [0.2, 0.25) is 0 Å². The second-order valence-electron chi connectivity index (χ2n) is 8.79. The van der Waals surface area contributed by atoms with Crippen molar-refractivity contribution in [1.29, 1.82) is 0 Å². The molecule has 2 saturated heterocycles. The first-order valence-electron chi connectivity index (χ1n) is 11.9. The van der Waals surface area contributed by atoms with Gasteiger partial charge in [-0.15, -0.1) is 0 Å². The van der Waals surface area contributed by atoms with Crippen LogP contribution in [0.5, 0.6) is 0 Å². The smallest absolute Gasteiger partial charge is 0.191 e. The molecule has 2 aromatic carbocycles. The fourth-order valence-electron chi connectivity index (χ4n) is 4.64. The van der Waals surface area contributed by atoms with E-state index < -0.39 is 0 Å². The van der Waals surface area contributed by atoms with Gasteiger partial charge in [0, 0.05) is 51.3 Å². The highest BCUT2D eigenvalue weighted by Gasteiger charge is 2.29. The van der Waals surface area contributed by atoms with Crippen molar-refractivity contribution in [3.05, 3.63) is 71.5 Å². The van der Waals surface area contributed by atoms with Crippen molar-refractivity contribution in [2.45, 2.75) is 44.9 Å². The Morgan fingerprint density at radius 3 is 2.53 bits per heavy atom. The third-order valence-corrected chi connectivity index (χ3v) is 6.42. The Balaban J connectivity index is 1.28. The lowest BCUT2D eigenvalue weighted by atomic mass is 9.95. The molecule has 2 fully saturated rings. The van der Waals surface area contributed by atoms with Gasteiger partial charge in [0.15, 0.2) is 5.96 Å². The molecule has 2 aliphatic rings. The molecule has 32 heavy (non-hydrogen) atoms. The van der Waals surface area contributed by atoms with E-state index in [4.69, 9.17) is 9.73 Å². The third-order valence-electron chi connectivity index (χ3n) is 6.42. The van der Waals surface area contributed by atoms with Crippen LogP contribution in [0.3, 0.4) is 0 Å². The van der Waals surface area contributed by atoms with E-state index in [1.165, 1.54) is 11.1 Å². The van der Waals surface area contributed by atoms with Crippen LogP contribution >= 0.6 is 0 Å². The number of hydrogen-bond donors (Lipinski definition) is 2. The van der Waals surface area contributed by atoms with Gasteiger partial charge in [-0.2, -0.15) is 0 Å². The minimum absolute atomic E-state index is 0.137. The lowest BCUT2D eigenvalue weighted by Gasteiger charge is -2.33. The van der Waals surface area contributed by atoms with Crippen LogP contribution in [0.2, 0.25) is 0 Å². The first kappa shape index (κ1) is 22.7. The van der Waals surface area contributed by atoms with Crippen LogP contribution in [0, 0.1) is 11.7 Å². The van der Waals surface area contributed by atoms with E-state index in [1.54, 1.807) is 12.1 Å². The average molecular weight is 439 g/mol. The van der Waals surface area contributed by atoms with Gasteiger partial charge in [-0.1, -0.05) is 42.5 Å². The predicted octanol–water partition coefficient (Wildman–Crippen LogP) is 4.12. The van der Waals surface area contributed by atoms with Crippen LogP contribution in [-0.2, 0) is 11.3 Å². The Kier molecular flexibility index (Phi) is 8.13. The van der Waals surface area contributed by atoms with Crippen molar-refractivity contribution in [2.75, 3.05) is 32.8 Å². The van der Waals surface area contributed by atoms with Crippen LogP contribution < -0.4 is 10.6 Å². The standard InChI is InChI=1S/C26H35FN4O/c1-2-28-26(29-18-22-14-17-32-25(22)21-6-4-3-5-7-21)30-24-12-15-31(16-13-24)19-20-8-10-23(27)11-9-20/h3-11,22,24-25H,2,12-19H2,1H3,(H2,28,29,30). The Morgan fingerprint density at radius 2 is 1.81 bits per heavy atom. The summed E-state index contributed by atoms with van der Waals surface area (Å²) in [6.07, 6.45) is 3.33. The topological polar surface area (TPSA) is 48.9 Å². The number of guanidine groups is 1. The van der Waals surface area contributed by atoms with Crippen LogP contribution in [0.1, 0.15) is 43.4 Å². The van der Waals surface area contributed by atoms with E-state index in [1.807, 2.05) is 18.2 Å². The van der Waals surface area contributed by atoms with E-state index in [9.17, 15) is 4.39 Å². The maximum atomic E-state index is 13.1. The normalized spacial score (nSPS) is 22.8. The molecule has 5 nitrogen and oxygen atoms in total. The van der Waals surface area contributed by atoms with Gasteiger partial charge in [0.25, 0.3) is 0 Å². The Bertz CT molecular complexity index is 850. The van der Waals surface area contributed by atoms with Gasteiger partial charge >= 0.3 is 0 Å². The van der Waals surface area contributed by atoms with Crippen molar-refractivity contribution < 1.29 is 9.13 Å². The zero-order chi connectivity index (χ0) is 22.2. The van der Waals surface area contributed by atoms with Gasteiger partial charge in [0.05, 0.1) is 6.10 Å². The molecule has 2 N–H and O–H groups in total. The Hall–Kier alpha value is -2.44. The average Bonchev–Trinajstić information content (AvgIpc) is 3.30. The van der Waals surface area contributed by atoms with E-state index >= 15 is 0 Å². The first-order chi connectivity index (χ1) is 15.7. The SMILES string of the molecule is CCNC(=NCC1CCOC1c1ccccc1)NC1CCN(Cc2ccc(F)cc2)CC1. The van der Waals surface area contributed by atoms with Crippen molar-refractivity contribution in [3.8, 4) is 0 Å². The Labute approximate surface area is 191 Å². The lowest BCUT2D eigenvalue weighted by molar-refractivity contribution is 0.0925. The van der Waals surface area contributed by atoms with Crippen molar-refractivity contribution >= 4 is 5.96 Å². The molecule has 0 aromatic heterocycles. The highest BCUT2D eigenvalue weighted by molar-refractivity contribution is 5.80. The number of halogens is 1. The fourth-order valence-corrected chi connectivity index (χ4v) is 4.64. The molecule has 2 aromatic rings. The van der Waals surface area contributed by atoms with Gasteiger partial charge in [-0.3, -0.25) is 9.89 Å². The molecule has 0 aliphatic carbocycles. The quantitative estimate of drug-likeness (QED) is 0.504. The van der Waals surface area contributed by atoms with E-state index in [0.29, 0.717) is 12.0 Å². The van der Waals surface area contributed by atoms with Crippen molar-refractivity contribution in [3.63, 3.8) is 0 Å². The number of ether oxygens (including phenoxy) is 1. The number of benzene rings is 2. The number of piperidine rings is 1. The van der Waals surface area contributed by atoms with Crippen LogP contribution in [0.25, 0.3) is 0 Å². The molecule has 2 heterocycles. The van der Waals surface area contributed by atoms with Gasteiger partial charge in [0.1, 0.15) is 5.82 Å². The summed E-state index contributed by atoms with van der Waals surface area (Å²) >= 11 is 0. The Morgan fingerprint density at radius 1 is 1.06 bits per heavy atom. The molecule has 6 heteroatoms. The summed E-state index contributed by atoms with van der Waals surface area (Å²) in [4.78, 5) is 7.37. The zero-order valence-corrected chi connectivity index (χ0v) is 19.0. The summed E-state index contributed by atoms with van der Waals surface area (Å²) in [6.45, 7) is 7.45. The minimum Gasteiger partial charge on any atom is -0.373 e. The summed E-state index contributed by atoms with van der Waals surface area (Å²) in [5.41, 5.74) is 2.41. The number of nitrogens with zero attached hydrogens (tertiary/aromatic N) is 2. The largest absolute Gasteiger partial charge is 0.373 e. The van der Waals surface area contributed by atoms with Gasteiger partial charge in [-0.25, -0.2) is 4.39 Å². The van der Waals surface area contributed by atoms with Gasteiger partial charge in [-0.05, 0) is 49.4 Å². The highest BCUT2D eigenvalue weighted by Crippen LogP contribution is 2.34. The molecule has 0 spiro atoms. The highest BCUT2D eigenvalue weighted by atomic mass is 19.1. The summed E-state index contributed by atoms with van der Waals surface area (Å²) in [6, 6.07) is 17.8. The summed E-state index contributed by atoms with van der Waals surface area (Å²) in [5, 5.41) is 7.06. The molecule has 2 aliphatic heterocycles. The monoisotopic (exact) mass is 438 g/mol. The molecule has 0 saturated carbocycles. The number of aliphatic imine (C=N–C) groups is 1. The zero-order valence-electron chi connectivity index (χ0n) is 19.0. The second-order valence-corrected chi connectivity index (χ2v) is 8.79. The number of nitrogens with one attached hydrogen (secondary N) is 2. The molecular weight excluding hydrogens is 403 g/mol. The van der Waals surface area contributed by atoms with Crippen LogP contribution in [0.4, 0.5) is 4.39 Å². The molecule has 2 atom stereocenters. The maximum Gasteiger partial charge on any atom is 0.191 e. The molecule has 2 unspecified atom stereocenters. The molecular formula is C26H35FN4O. The first-order valence-corrected chi connectivity index (χ1v) is 11.9. The molecule has 172 valence electrons. The van der Waals surface area contributed by atoms with Crippen LogP contribution in [0.15, 0.2) is 59.6 Å². The third kappa shape index (κ3) is 6.30. The van der Waals surface area contributed by atoms with E-state index in [-0.39, 0.29) is 11.9 Å². The molecule has 4 rings (SSSR count). The summed E-state index contributed by atoms with van der Waals surface area (Å²) in [7, 11) is 0. The molecule has 0 radical (unpaired) electrons. The van der Waals surface area contributed by atoms with E-state index in [2.05, 4.69) is 46.7 Å². The van der Waals surface area contributed by atoms with Crippen molar-refractivity contribution in [2.24, 2.45) is 10.9 Å². The summed E-state index contributed by atoms with van der Waals surface area (Å²) in [5.74, 6) is 1.14. The summed E-state index contributed by atoms with van der Waals surface area (Å²) < 4.78 is 19.1. The molecule has 0 bridgehead atoms. The lowest BCUT2D eigenvalue weighted by Crippen LogP contribution is -2.48. The fraction of sp³-hybridized carbons (Fsp3) is 0.500.